The van der Waals surface area contributed by atoms with Crippen molar-refractivity contribution in [2.45, 2.75) is 44.3 Å². The lowest BCUT2D eigenvalue weighted by molar-refractivity contribution is 0.0501. The summed E-state index contributed by atoms with van der Waals surface area (Å²) in [5.74, 6) is 0.112. The van der Waals surface area contributed by atoms with Gasteiger partial charge in [0, 0.05) is 56.1 Å². The van der Waals surface area contributed by atoms with E-state index >= 15 is 0 Å². The van der Waals surface area contributed by atoms with E-state index in [1.165, 1.54) is 0 Å². The molecule has 0 bridgehead atoms. The maximum atomic E-state index is 13.5. The number of urea groups is 1. The van der Waals surface area contributed by atoms with Crippen LogP contribution in [0.4, 0.5) is 4.79 Å². The van der Waals surface area contributed by atoms with E-state index in [0.717, 1.165) is 34.6 Å². The third-order valence-corrected chi connectivity index (χ3v) is 7.71. The molecule has 1 unspecified atom stereocenters. The summed E-state index contributed by atoms with van der Waals surface area (Å²) in [6.07, 6.45) is 6.06. The van der Waals surface area contributed by atoms with Crippen molar-refractivity contribution in [2.75, 3.05) is 32.8 Å². The van der Waals surface area contributed by atoms with Crippen LogP contribution in [-0.2, 0) is 11.3 Å². The number of ether oxygens (including phenoxy) is 1. The SMILES string of the molecule is Cc1ccc(C(=O)N2CCC(N3C(=O)N(Cc4cccnc4)CC34CCOC4)CC2)s1. The van der Waals surface area contributed by atoms with Crippen LogP contribution < -0.4 is 0 Å². The maximum Gasteiger partial charge on any atom is 0.321 e. The van der Waals surface area contributed by atoms with Crippen LogP contribution in [-0.4, -0.2) is 76.1 Å². The Morgan fingerprint density at radius 1 is 1.29 bits per heavy atom. The summed E-state index contributed by atoms with van der Waals surface area (Å²) in [6.45, 7) is 5.93. The summed E-state index contributed by atoms with van der Waals surface area (Å²) < 4.78 is 5.77. The molecule has 5 heterocycles. The van der Waals surface area contributed by atoms with Crippen molar-refractivity contribution < 1.29 is 14.3 Å². The van der Waals surface area contributed by atoms with Crippen molar-refractivity contribution in [1.29, 1.82) is 0 Å². The van der Waals surface area contributed by atoms with E-state index < -0.39 is 0 Å². The highest BCUT2D eigenvalue weighted by molar-refractivity contribution is 7.13. The number of aromatic nitrogens is 1. The standard InChI is InChI=1S/C23H28N4O3S/c1-17-4-5-20(31-17)21(28)25-10-6-19(7-11-25)27-22(29)26(14-18-3-2-9-24-13-18)15-23(27)8-12-30-16-23/h2-5,9,13,19H,6-8,10-12,14-16H2,1H3. The molecule has 0 radical (unpaired) electrons. The number of hydrogen-bond donors (Lipinski definition) is 0. The molecule has 3 amide bonds. The van der Waals surface area contributed by atoms with Crippen molar-refractivity contribution in [3.05, 3.63) is 52.0 Å². The molecule has 164 valence electrons. The Morgan fingerprint density at radius 3 is 2.77 bits per heavy atom. The highest BCUT2D eigenvalue weighted by atomic mass is 32.1. The zero-order chi connectivity index (χ0) is 21.4. The number of rotatable bonds is 4. The molecule has 0 N–H and O–H groups in total. The van der Waals surface area contributed by atoms with Gasteiger partial charge in [-0.25, -0.2) is 4.79 Å². The minimum atomic E-state index is -0.249. The van der Waals surface area contributed by atoms with Crippen LogP contribution in [0.25, 0.3) is 0 Å². The van der Waals surface area contributed by atoms with E-state index in [2.05, 4.69) is 9.88 Å². The van der Waals surface area contributed by atoms with Crippen LogP contribution in [0.2, 0.25) is 0 Å². The van der Waals surface area contributed by atoms with Gasteiger partial charge in [-0.05, 0) is 49.9 Å². The lowest BCUT2D eigenvalue weighted by Gasteiger charge is -2.42. The second-order valence-corrected chi connectivity index (χ2v) is 10.1. The molecule has 1 atom stereocenters. The Morgan fingerprint density at radius 2 is 2.13 bits per heavy atom. The molecule has 3 aliphatic heterocycles. The van der Waals surface area contributed by atoms with E-state index in [0.29, 0.717) is 39.4 Å². The summed E-state index contributed by atoms with van der Waals surface area (Å²) in [6, 6.07) is 8.06. The number of piperidine rings is 1. The molecule has 31 heavy (non-hydrogen) atoms. The lowest BCUT2D eigenvalue weighted by Crippen LogP contribution is -2.56. The first-order valence-electron chi connectivity index (χ1n) is 11.0. The molecular formula is C23H28N4O3S. The van der Waals surface area contributed by atoms with Gasteiger partial charge in [-0.2, -0.15) is 0 Å². The van der Waals surface area contributed by atoms with Crippen LogP contribution in [0, 0.1) is 6.92 Å². The van der Waals surface area contributed by atoms with E-state index in [-0.39, 0.29) is 23.5 Å². The van der Waals surface area contributed by atoms with Gasteiger partial charge in [-0.15, -0.1) is 11.3 Å². The molecule has 3 saturated heterocycles. The van der Waals surface area contributed by atoms with E-state index in [1.54, 1.807) is 17.5 Å². The Balaban J connectivity index is 1.29. The van der Waals surface area contributed by atoms with Gasteiger partial charge in [0.1, 0.15) is 0 Å². The number of likely N-dealkylation sites (tertiary alicyclic amines) is 1. The highest BCUT2D eigenvalue weighted by Gasteiger charge is 2.54. The van der Waals surface area contributed by atoms with E-state index in [1.807, 2.05) is 47.2 Å². The Kier molecular flexibility index (Phi) is 5.44. The van der Waals surface area contributed by atoms with Gasteiger partial charge in [0.2, 0.25) is 0 Å². The predicted molar refractivity (Wildman–Crippen MR) is 118 cm³/mol. The van der Waals surface area contributed by atoms with Crippen molar-refractivity contribution in [3.8, 4) is 0 Å². The normalized spacial score (nSPS) is 24.5. The molecule has 2 aromatic heterocycles. The maximum absolute atomic E-state index is 13.5. The van der Waals surface area contributed by atoms with Gasteiger partial charge in [-0.1, -0.05) is 6.07 Å². The minimum Gasteiger partial charge on any atom is -0.379 e. The molecule has 1 spiro atoms. The summed E-state index contributed by atoms with van der Waals surface area (Å²) in [5.41, 5.74) is 0.791. The Bertz CT molecular complexity index is 949. The zero-order valence-electron chi connectivity index (χ0n) is 17.8. The average Bonchev–Trinajstić information content (AvgIpc) is 3.49. The summed E-state index contributed by atoms with van der Waals surface area (Å²) in [5, 5.41) is 0. The second kappa shape index (κ2) is 8.24. The van der Waals surface area contributed by atoms with Gasteiger partial charge in [0.15, 0.2) is 0 Å². The molecule has 7 nitrogen and oxygen atoms in total. The Hall–Kier alpha value is -2.45. The van der Waals surface area contributed by atoms with Gasteiger partial charge in [-0.3, -0.25) is 9.78 Å². The quantitative estimate of drug-likeness (QED) is 0.733. The number of nitrogens with zero attached hydrogens (tertiary/aromatic N) is 4. The third kappa shape index (κ3) is 3.83. The zero-order valence-corrected chi connectivity index (χ0v) is 18.6. The number of hydrogen-bond acceptors (Lipinski definition) is 5. The van der Waals surface area contributed by atoms with E-state index in [9.17, 15) is 9.59 Å². The van der Waals surface area contributed by atoms with Gasteiger partial charge in [0.05, 0.1) is 17.0 Å². The van der Waals surface area contributed by atoms with Crippen molar-refractivity contribution in [1.82, 2.24) is 19.7 Å². The van der Waals surface area contributed by atoms with Crippen LogP contribution in [0.3, 0.4) is 0 Å². The fraction of sp³-hybridized carbons (Fsp3) is 0.522. The summed E-state index contributed by atoms with van der Waals surface area (Å²) in [4.78, 5) is 38.5. The molecule has 0 saturated carbocycles. The van der Waals surface area contributed by atoms with Gasteiger partial charge < -0.3 is 19.4 Å². The molecular weight excluding hydrogens is 412 g/mol. The largest absolute Gasteiger partial charge is 0.379 e. The minimum absolute atomic E-state index is 0.0908. The number of aryl methyl sites for hydroxylation is 1. The van der Waals surface area contributed by atoms with Crippen molar-refractivity contribution in [2.24, 2.45) is 0 Å². The molecule has 8 heteroatoms. The average molecular weight is 441 g/mol. The molecule has 0 aliphatic carbocycles. The van der Waals surface area contributed by atoms with E-state index in [4.69, 9.17) is 4.74 Å². The molecule has 0 aromatic carbocycles. The first-order chi connectivity index (χ1) is 15.1. The Labute approximate surface area is 186 Å². The lowest BCUT2D eigenvalue weighted by atomic mass is 9.92. The fourth-order valence-electron chi connectivity index (χ4n) is 5.18. The van der Waals surface area contributed by atoms with Crippen molar-refractivity contribution in [3.63, 3.8) is 0 Å². The van der Waals surface area contributed by atoms with Crippen LogP contribution in [0.1, 0.15) is 39.4 Å². The highest BCUT2D eigenvalue weighted by Crippen LogP contribution is 2.39. The number of thiophene rings is 1. The fourth-order valence-corrected chi connectivity index (χ4v) is 6.01. The van der Waals surface area contributed by atoms with Crippen LogP contribution >= 0.6 is 11.3 Å². The molecule has 2 aromatic rings. The van der Waals surface area contributed by atoms with Gasteiger partial charge in [0.25, 0.3) is 5.91 Å². The predicted octanol–water partition coefficient (Wildman–Crippen LogP) is 3.15. The first-order valence-corrected chi connectivity index (χ1v) is 11.8. The topological polar surface area (TPSA) is 66.0 Å². The third-order valence-electron chi connectivity index (χ3n) is 6.72. The molecule has 3 fully saturated rings. The number of pyridine rings is 1. The molecule has 3 aliphatic rings. The number of carbonyl (C=O) groups is 2. The smallest absolute Gasteiger partial charge is 0.321 e. The molecule has 5 rings (SSSR count). The first kappa shape index (κ1) is 20.5. The van der Waals surface area contributed by atoms with Crippen LogP contribution in [0.5, 0.6) is 0 Å². The van der Waals surface area contributed by atoms with Gasteiger partial charge >= 0.3 is 6.03 Å². The summed E-state index contributed by atoms with van der Waals surface area (Å²) >= 11 is 1.55. The van der Waals surface area contributed by atoms with Crippen molar-refractivity contribution >= 4 is 23.3 Å². The summed E-state index contributed by atoms with van der Waals surface area (Å²) in [7, 11) is 0. The second-order valence-electron chi connectivity index (χ2n) is 8.83. The number of amides is 3. The van der Waals surface area contributed by atoms with Crippen LogP contribution in [0.15, 0.2) is 36.7 Å². The monoisotopic (exact) mass is 440 g/mol. The number of carbonyl (C=O) groups excluding carboxylic acids is 2.